The Kier molecular flexibility index (Phi) is 4.28. The van der Waals surface area contributed by atoms with Gasteiger partial charge in [-0.3, -0.25) is 10.3 Å². The molecule has 23 heavy (non-hydrogen) atoms. The second-order valence-corrected chi connectivity index (χ2v) is 6.08. The van der Waals surface area contributed by atoms with E-state index in [2.05, 4.69) is 29.1 Å². The molecule has 3 rings (SSSR count). The minimum Gasteiger partial charge on any atom is -0.319 e. The third-order valence-corrected chi connectivity index (χ3v) is 4.47. The first-order valence-corrected chi connectivity index (χ1v) is 8.07. The molecule has 120 valence electrons. The highest BCUT2D eigenvalue weighted by atomic mass is 16.2. The molecule has 2 atom stereocenters. The molecule has 2 amide bonds. The molecule has 0 bridgehead atoms. The molecule has 2 aromatic rings. The molecule has 1 aliphatic heterocycles. The minimum atomic E-state index is -0.0704. The lowest BCUT2D eigenvalue weighted by Gasteiger charge is -2.46. The molecule has 1 aliphatic rings. The van der Waals surface area contributed by atoms with Gasteiger partial charge in [-0.2, -0.15) is 0 Å². The van der Waals surface area contributed by atoms with Crippen LogP contribution < -0.4 is 5.32 Å². The summed E-state index contributed by atoms with van der Waals surface area (Å²) in [5, 5.41) is 2.92. The van der Waals surface area contributed by atoms with Crippen molar-refractivity contribution in [1.82, 2.24) is 14.9 Å². The first-order chi connectivity index (χ1) is 11.1. The van der Waals surface area contributed by atoms with Crippen LogP contribution in [-0.4, -0.2) is 33.0 Å². The summed E-state index contributed by atoms with van der Waals surface area (Å²) >= 11 is 0. The van der Waals surface area contributed by atoms with Gasteiger partial charge in [-0.1, -0.05) is 13.0 Å². The van der Waals surface area contributed by atoms with Gasteiger partial charge < -0.3 is 4.90 Å². The van der Waals surface area contributed by atoms with Crippen LogP contribution in [0.25, 0.3) is 11.3 Å². The van der Waals surface area contributed by atoms with Crippen molar-refractivity contribution < 1.29 is 4.79 Å². The van der Waals surface area contributed by atoms with Crippen molar-refractivity contribution in [2.45, 2.75) is 45.7 Å². The van der Waals surface area contributed by atoms with E-state index in [0.29, 0.717) is 17.9 Å². The van der Waals surface area contributed by atoms with Crippen LogP contribution in [0.4, 0.5) is 10.6 Å². The number of likely N-dealkylation sites (tertiary alicyclic amines) is 1. The quantitative estimate of drug-likeness (QED) is 0.936. The van der Waals surface area contributed by atoms with Crippen molar-refractivity contribution in [2.24, 2.45) is 0 Å². The van der Waals surface area contributed by atoms with Crippen molar-refractivity contribution in [1.29, 1.82) is 0 Å². The van der Waals surface area contributed by atoms with Gasteiger partial charge in [-0.15, -0.1) is 0 Å². The fourth-order valence-electron chi connectivity index (χ4n) is 3.14. The number of anilines is 1. The normalized spacial score (nSPS) is 20.0. The number of carbonyl (C=O) groups is 1. The van der Waals surface area contributed by atoms with E-state index >= 15 is 0 Å². The van der Waals surface area contributed by atoms with E-state index in [9.17, 15) is 4.79 Å². The van der Waals surface area contributed by atoms with Crippen LogP contribution in [-0.2, 0) is 0 Å². The number of hydrogen-bond acceptors (Lipinski definition) is 3. The summed E-state index contributed by atoms with van der Waals surface area (Å²) in [5.74, 6) is 0.565. The fourth-order valence-corrected chi connectivity index (χ4v) is 3.14. The van der Waals surface area contributed by atoms with Crippen LogP contribution >= 0.6 is 0 Å². The minimum absolute atomic E-state index is 0.0704. The third kappa shape index (κ3) is 3.04. The van der Waals surface area contributed by atoms with Gasteiger partial charge in [0, 0.05) is 30.0 Å². The predicted octanol–water partition coefficient (Wildman–Crippen LogP) is 3.86. The Bertz CT molecular complexity index is 701. The second-order valence-electron chi connectivity index (χ2n) is 6.08. The first kappa shape index (κ1) is 15.5. The van der Waals surface area contributed by atoms with Crippen molar-refractivity contribution in [3.63, 3.8) is 0 Å². The second kappa shape index (κ2) is 6.36. The smallest absolute Gasteiger partial charge is 0.319 e. The van der Waals surface area contributed by atoms with Crippen LogP contribution in [0.3, 0.4) is 0 Å². The summed E-state index contributed by atoms with van der Waals surface area (Å²) in [6, 6.07) is 8.25. The van der Waals surface area contributed by atoms with Crippen LogP contribution in [0.1, 0.15) is 32.3 Å². The van der Waals surface area contributed by atoms with E-state index in [1.807, 2.05) is 36.1 Å². The van der Waals surface area contributed by atoms with E-state index in [1.54, 1.807) is 12.4 Å². The van der Waals surface area contributed by atoms with Crippen LogP contribution in [0.2, 0.25) is 0 Å². The van der Waals surface area contributed by atoms with Crippen LogP contribution in [0, 0.1) is 6.92 Å². The molecule has 0 spiro atoms. The van der Waals surface area contributed by atoms with Gasteiger partial charge in [0.2, 0.25) is 0 Å². The predicted molar refractivity (Wildman–Crippen MR) is 91.2 cm³/mol. The molecule has 3 heterocycles. The number of nitrogens with zero attached hydrogens (tertiary/aromatic N) is 3. The van der Waals surface area contributed by atoms with Crippen molar-refractivity contribution in [2.75, 3.05) is 5.32 Å². The number of nitrogens with one attached hydrogen (secondary N) is 1. The Hall–Kier alpha value is -2.43. The standard InChI is InChI=1S/C18H22N4O/c1-4-14-9-13(3)22(14)18(23)21-17-10-15(12(2)11-20-17)16-7-5-6-8-19-16/h5-8,10-11,13-14H,4,9H2,1-3H3,(H,20,21,23). The van der Waals surface area contributed by atoms with Gasteiger partial charge in [0.1, 0.15) is 5.82 Å². The van der Waals surface area contributed by atoms with E-state index in [1.165, 1.54) is 0 Å². The summed E-state index contributed by atoms with van der Waals surface area (Å²) in [6.07, 6.45) is 5.60. The van der Waals surface area contributed by atoms with E-state index < -0.39 is 0 Å². The van der Waals surface area contributed by atoms with E-state index in [0.717, 1.165) is 29.7 Å². The summed E-state index contributed by atoms with van der Waals surface area (Å²) < 4.78 is 0. The Morgan fingerprint density at radius 3 is 2.87 bits per heavy atom. The number of rotatable bonds is 3. The Morgan fingerprint density at radius 2 is 2.22 bits per heavy atom. The summed E-state index contributed by atoms with van der Waals surface area (Å²) in [5.41, 5.74) is 2.90. The summed E-state index contributed by atoms with van der Waals surface area (Å²) in [7, 11) is 0. The maximum absolute atomic E-state index is 12.5. The molecule has 2 unspecified atom stereocenters. The van der Waals surface area contributed by atoms with Gasteiger partial charge in [0.15, 0.2) is 0 Å². The van der Waals surface area contributed by atoms with E-state index in [4.69, 9.17) is 0 Å². The highest BCUT2D eigenvalue weighted by Crippen LogP contribution is 2.29. The number of aromatic nitrogens is 2. The highest BCUT2D eigenvalue weighted by Gasteiger charge is 2.37. The summed E-state index contributed by atoms with van der Waals surface area (Å²) in [6.45, 7) is 6.18. The van der Waals surface area contributed by atoms with Crippen LogP contribution in [0.15, 0.2) is 36.7 Å². The molecule has 0 radical (unpaired) electrons. The molecule has 5 heteroatoms. The molecule has 0 aromatic carbocycles. The molecule has 0 aliphatic carbocycles. The van der Waals surface area contributed by atoms with Gasteiger partial charge in [0.05, 0.1) is 5.69 Å². The molecule has 0 saturated carbocycles. The molecular formula is C18H22N4O. The van der Waals surface area contributed by atoms with Gasteiger partial charge in [-0.25, -0.2) is 9.78 Å². The number of carbonyl (C=O) groups excluding carboxylic acids is 1. The van der Waals surface area contributed by atoms with Crippen molar-refractivity contribution in [3.8, 4) is 11.3 Å². The number of amides is 2. The van der Waals surface area contributed by atoms with Gasteiger partial charge >= 0.3 is 6.03 Å². The molecule has 1 N–H and O–H groups in total. The number of pyridine rings is 2. The largest absolute Gasteiger partial charge is 0.323 e. The molecule has 1 saturated heterocycles. The number of aryl methyl sites for hydroxylation is 1. The lowest BCUT2D eigenvalue weighted by Crippen LogP contribution is -2.58. The average molecular weight is 310 g/mol. The maximum Gasteiger partial charge on any atom is 0.323 e. The lowest BCUT2D eigenvalue weighted by atomic mass is 9.93. The topological polar surface area (TPSA) is 58.1 Å². The molecule has 2 aromatic heterocycles. The maximum atomic E-state index is 12.5. The SMILES string of the molecule is CCC1CC(C)N1C(=O)Nc1cc(-c2ccccn2)c(C)cn1. The zero-order valence-electron chi connectivity index (χ0n) is 13.8. The van der Waals surface area contributed by atoms with Crippen LogP contribution in [0.5, 0.6) is 0 Å². The lowest BCUT2D eigenvalue weighted by molar-refractivity contribution is 0.0688. The van der Waals surface area contributed by atoms with Gasteiger partial charge in [-0.05, 0) is 50.5 Å². The summed E-state index contributed by atoms with van der Waals surface area (Å²) in [4.78, 5) is 23.1. The Morgan fingerprint density at radius 1 is 1.39 bits per heavy atom. The monoisotopic (exact) mass is 310 g/mol. The van der Waals surface area contributed by atoms with Gasteiger partial charge in [0.25, 0.3) is 0 Å². The van der Waals surface area contributed by atoms with Crippen molar-refractivity contribution in [3.05, 3.63) is 42.2 Å². The zero-order chi connectivity index (χ0) is 16.4. The average Bonchev–Trinajstić information content (AvgIpc) is 2.54. The zero-order valence-corrected chi connectivity index (χ0v) is 13.8. The highest BCUT2D eigenvalue weighted by molar-refractivity contribution is 5.90. The Labute approximate surface area is 136 Å². The fraction of sp³-hybridized carbons (Fsp3) is 0.389. The third-order valence-electron chi connectivity index (χ3n) is 4.47. The molecule has 1 fully saturated rings. The van der Waals surface area contributed by atoms with E-state index in [-0.39, 0.29) is 6.03 Å². The van der Waals surface area contributed by atoms with Crippen molar-refractivity contribution >= 4 is 11.8 Å². The molecular weight excluding hydrogens is 288 g/mol. The number of urea groups is 1. The molecule has 5 nitrogen and oxygen atoms in total. The first-order valence-electron chi connectivity index (χ1n) is 8.07. The number of hydrogen-bond donors (Lipinski definition) is 1. The Balaban J connectivity index is 1.80.